The molecule has 1 saturated carbocycles. The van der Waals surface area contributed by atoms with E-state index >= 15 is 0 Å². The van der Waals surface area contributed by atoms with E-state index in [0.717, 1.165) is 25.7 Å². The number of hydrogen-bond acceptors (Lipinski definition) is 2. The van der Waals surface area contributed by atoms with Crippen LogP contribution in [0, 0.1) is 18.2 Å². The van der Waals surface area contributed by atoms with Gasteiger partial charge in [0.05, 0.1) is 12.2 Å². The number of rotatable bonds is 4. The highest BCUT2D eigenvalue weighted by molar-refractivity contribution is 5.94. The number of aliphatic hydroxyl groups excluding tert-OH is 1. The molecule has 3 nitrogen and oxygen atoms in total. The minimum atomic E-state index is -0.466. The molecular formula is C16H22FNO2. The first-order chi connectivity index (χ1) is 9.58. The summed E-state index contributed by atoms with van der Waals surface area (Å²) in [5.41, 5.74) is 0.315. The number of carbonyl (C=O) groups excluding carboxylic acids is 1. The predicted molar refractivity (Wildman–Crippen MR) is 76.1 cm³/mol. The Kier molecular flexibility index (Phi) is 4.76. The van der Waals surface area contributed by atoms with E-state index in [2.05, 4.69) is 5.32 Å². The Labute approximate surface area is 119 Å². The van der Waals surface area contributed by atoms with Crippen molar-refractivity contribution in [3.05, 3.63) is 35.1 Å². The van der Waals surface area contributed by atoms with Crippen molar-refractivity contribution in [1.82, 2.24) is 5.32 Å². The summed E-state index contributed by atoms with van der Waals surface area (Å²) < 4.78 is 13.9. The third-order valence-corrected chi connectivity index (χ3v) is 4.31. The van der Waals surface area contributed by atoms with E-state index in [-0.39, 0.29) is 17.6 Å². The zero-order valence-electron chi connectivity index (χ0n) is 11.9. The average Bonchev–Trinajstić information content (AvgIpc) is 2.48. The number of aliphatic hydroxyl groups is 1. The minimum Gasteiger partial charge on any atom is -0.396 e. The van der Waals surface area contributed by atoms with Crippen molar-refractivity contribution in [1.29, 1.82) is 0 Å². The molecule has 1 aromatic carbocycles. The van der Waals surface area contributed by atoms with Crippen LogP contribution in [-0.2, 0) is 0 Å². The summed E-state index contributed by atoms with van der Waals surface area (Å²) >= 11 is 0. The topological polar surface area (TPSA) is 49.3 Å². The average molecular weight is 279 g/mol. The van der Waals surface area contributed by atoms with Crippen molar-refractivity contribution in [3.63, 3.8) is 0 Å². The normalized spacial score (nSPS) is 17.8. The van der Waals surface area contributed by atoms with Gasteiger partial charge in [-0.1, -0.05) is 31.4 Å². The van der Waals surface area contributed by atoms with E-state index in [0.29, 0.717) is 12.1 Å². The van der Waals surface area contributed by atoms with Crippen LogP contribution in [0.2, 0.25) is 0 Å². The molecule has 2 N–H and O–H groups in total. The molecule has 1 fully saturated rings. The largest absolute Gasteiger partial charge is 0.396 e. The van der Waals surface area contributed by atoms with Gasteiger partial charge in [-0.25, -0.2) is 4.39 Å². The lowest BCUT2D eigenvalue weighted by Gasteiger charge is -2.35. The van der Waals surface area contributed by atoms with Crippen LogP contribution in [-0.4, -0.2) is 24.2 Å². The lowest BCUT2D eigenvalue weighted by molar-refractivity contribution is 0.0716. The molecule has 20 heavy (non-hydrogen) atoms. The fourth-order valence-electron chi connectivity index (χ4n) is 2.88. The summed E-state index contributed by atoms with van der Waals surface area (Å²) in [7, 11) is 0. The zero-order chi connectivity index (χ0) is 14.6. The Morgan fingerprint density at radius 2 is 2.05 bits per heavy atom. The third kappa shape index (κ3) is 3.18. The van der Waals surface area contributed by atoms with Gasteiger partial charge in [0, 0.05) is 12.0 Å². The number of amides is 1. The van der Waals surface area contributed by atoms with Gasteiger partial charge < -0.3 is 10.4 Å². The van der Waals surface area contributed by atoms with Crippen LogP contribution in [0.3, 0.4) is 0 Å². The first kappa shape index (κ1) is 15.0. The molecule has 0 aliphatic heterocycles. The van der Waals surface area contributed by atoms with Gasteiger partial charge in [0.2, 0.25) is 0 Å². The van der Waals surface area contributed by atoms with Crippen molar-refractivity contribution in [3.8, 4) is 0 Å². The smallest absolute Gasteiger partial charge is 0.254 e. The lowest BCUT2D eigenvalue weighted by atomic mass is 9.74. The van der Waals surface area contributed by atoms with Crippen LogP contribution < -0.4 is 5.32 Å². The number of carbonyl (C=O) groups is 1. The number of hydrogen-bond donors (Lipinski definition) is 2. The molecule has 0 spiro atoms. The van der Waals surface area contributed by atoms with Crippen LogP contribution in [0.5, 0.6) is 0 Å². The van der Waals surface area contributed by atoms with Gasteiger partial charge >= 0.3 is 0 Å². The number of halogens is 1. The predicted octanol–water partition coefficient (Wildman–Crippen LogP) is 2.81. The molecule has 0 unspecified atom stereocenters. The summed E-state index contributed by atoms with van der Waals surface area (Å²) in [5.74, 6) is -0.865. The maximum Gasteiger partial charge on any atom is 0.254 e. The van der Waals surface area contributed by atoms with E-state index in [1.807, 2.05) is 0 Å². The van der Waals surface area contributed by atoms with Gasteiger partial charge in [-0.15, -0.1) is 0 Å². The van der Waals surface area contributed by atoms with Crippen LogP contribution in [0.1, 0.15) is 48.0 Å². The van der Waals surface area contributed by atoms with Gasteiger partial charge in [-0.05, 0) is 31.4 Å². The summed E-state index contributed by atoms with van der Waals surface area (Å²) in [5, 5.41) is 12.4. The van der Waals surface area contributed by atoms with Crippen molar-refractivity contribution in [2.45, 2.75) is 39.0 Å². The monoisotopic (exact) mass is 279 g/mol. The van der Waals surface area contributed by atoms with E-state index in [1.165, 1.54) is 12.5 Å². The standard InChI is InChI=1S/C16H22FNO2/c1-12-6-5-7-13(14(12)17)15(20)18-10-16(11-19)8-3-2-4-9-16/h5-7,19H,2-4,8-11H2,1H3,(H,18,20). The second kappa shape index (κ2) is 6.35. The maximum atomic E-state index is 13.9. The first-order valence-corrected chi connectivity index (χ1v) is 7.22. The Balaban J connectivity index is 2.02. The van der Waals surface area contributed by atoms with Crippen molar-refractivity contribution in [2.75, 3.05) is 13.2 Å². The van der Waals surface area contributed by atoms with E-state index < -0.39 is 11.7 Å². The van der Waals surface area contributed by atoms with E-state index in [4.69, 9.17) is 0 Å². The number of benzene rings is 1. The maximum absolute atomic E-state index is 13.9. The molecule has 0 radical (unpaired) electrons. The number of nitrogens with one attached hydrogen (secondary N) is 1. The Morgan fingerprint density at radius 1 is 1.35 bits per heavy atom. The molecule has 0 bridgehead atoms. The van der Waals surface area contributed by atoms with Crippen molar-refractivity contribution in [2.24, 2.45) is 5.41 Å². The second-order valence-electron chi connectivity index (χ2n) is 5.84. The highest BCUT2D eigenvalue weighted by Gasteiger charge is 2.32. The molecule has 1 amide bonds. The van der Waals surface area contributed by atoms with E-state index in [9.17, 15) is 14.3 Å². The Bertz CT molecular complexity index is 481. The van der Waals surface area contributed by atoms with Crippen LogP contribution in [0.25, 0.3) is 0 Å². The van der Waals surface area contributed by atoms with Crippen LogP contribution in [0.4, 0.5) is 4.39 Å². The first-order valence-electron chi connectivity index (χ1n) is 7.22. The highest BCUT2D eigenvalue weighted by Crippen LogP contribution is 2.35. The number of aryl methyl sites for hydroxylation is 1. The van der Waals surface area contributed by atoms with Gasteiger partial charge in [0.15, 0.2) is 0 Å². The Hall–Kier alpha value is -1.42. The summed E-state index contributed by atoms with van der Waals surface area (Å²) in [6, 6.07) is 4.81. The van der Waals surface area contributed by atoms with Gasteiger partial charge in [0.25, 0.3) is 5.91 Å². The summed E-state index contributed by atoms with van der Waals surface area (Å²) in [6.45, 7) is 2.13. The van der Waals surface area contributed by atoms with Crippen LogP contribution in [0.15, 0.2) is 18.2 Å². The molecule has 2 rings (SSSR count). The molecule has 0 atom stereocenters. The van der Waals surface area contributed by atoms with Gasteiger partial charge in [0.1, 0.15) is 5.82 Å². The fraction of sp³-hybridized carbons (Fsp3) is 0.562. The molecule has 110 valence electrons. The zero-order valence-corrected chi connectivity index (χ0v) is 11.9. The van der Waals surface area contributed by atoms with Gasteiger partial charge in [-0.2, -0.15) is 0 Å². The molecule has 4 heteroatoms. The Morgan fingerprint density at radius 3 is 2.70 bits per heavy atom. The van der Waals surface area contributed by atoms with E-state index in [1.54, 1.807) is 19.1 Å². The van der Waals surface area contributed by atoms with Gasteiger partial charge in [-0.3, -0.25) is 4.79 Å². The molecule has 1 aromatic rings. The molecule has 0 aromatic heterocycles. The molecule has 1 aliphatic carbocycles. The minimum absolute atomic E-state index is 0.0730. The summed E-state index contributed by atoms with van der Waals surface area (Å²) in [4.78, 5) is 12.1. The fourth-order valence-corrected chi connectivity index (χ4v) is 2.88. The quantitative estimate of drug-likeness (QED) is 0.890. The molecule has 1 aliphatic rings. The highest BCUT2D eigenvalue weighted by atomic mass is 19.1. The molecule has 0 heterocycles. The van der Waals surface area contributed by atoms with Crippen LogP contribution >= 0.6 is 0 Å². The van der Waals surface area contributed by atoms with Crippen molar-refractivity contribution >= 4 is 5.91 Å². The SMILES string of the molecule is Cc1cccc(C(=O)NCC2(CO)CCCCC2)c1F. The second-order valence-corrected chi connectivity index (χ2v) is 5.84. The lowest BCUT2D eigenvalue weighted by Crippen LogP contribution is -2.41. The third-order valence-electron chi connectivity index (χ3n) is 4.31. The van der Waals surface area contributed by atoms with Crippen molar-refractivity contribution < 1.29 is 14.3 Å². The summed E-state index contributed by atoms with van der Waals surface area (Å²) in [6.07, 6.45) is 5.17. The molecular weight excluding hydrogens is 257 g/mol. The molecule has 0 saturated heterocycles.